The zero-order valence-corrected chi connectivity index (χ0v) is 16.4. The van der Waals surface area contributed by atoms with Gasteiger partial charge in [-0.25, -0.2) is 4.79 Å². The van der Waals surface area contributed by atoms with E-state index in [1.165, 1.54) is 0 Å². The molecule has 2 aromatic carbocycles. The van der Waals surface area contributed by atoms with Gasteiger partial charge in [-0.05, 0) is 43.5 Å². The Kier molecular flexibility index (Phi) is 4.54. The van der Waals surface area contributed by atoms with Crippen LogP contribution in [-0.4, -0.2) is 18.2 Å². The second-order valence-corrected chi connectivity index (χ2v) is 7.65. The molecule has 0 radical (unpaired) electrons. The van der Waals surface area contributed by atoms with Crippen LogP contribution in [-0.2, 0) is 6.42 Å². The van der Waals surface area contributed by atoms with Crippen molar-refractivity contribution in [3.63, 3.8) is 0 Å². The normalized spacial score (nSPS) is 14.5. The van der Waals surface area contributed by atoms with Gasteiger partial charge in [-0.2, -0.15) is 0 Å². The monoisotopic (exact) mass is 403 g/mol. The predicted octanol–water partition coefficient (Wildman–Crippen LogP) is 4.19. The Hall–Kier alpha value is -3.54. The number of aromatic hydroxyl groups is 1. The van der Waals surface area contributed by atoms with Gasteiger partial charge in [-0.1, -0.05) is 24.3 Å². The summed E-state index contributed by atoms with van der Waals surface area (Å²) in [5, 5.41) is 11.7. The van der Waals surface area contributed by atoms with Crippen molar-refractivity contribution in [1.29, 1.82) is 0 Å². The van der Waals surface area contributed by atoms with Crippen LogP contribution in [0, 0.1) is 0 Å². The van der Waals surface area contributed by atoms with Crippen LogP contribution >= 0.6 is 0 Å². The molecule has 0 atom stereocenters. The Morgan fingerprint density at radius 2 is 1.43 bits per heavy atom. The van der Waals surface area contributed by atoms with E-state index in [0.29, 0.717) is 33.4 Å². The Balaban J connectivity index is 1.72. The van der Waals surface area contributed by atoms with Gasteiger partial charge < -0.3 is 18.8 Å². The number of hydrogen-bond donors (Lipinski definition) is 1. The highest BCUT2D eigenvalue weighted by Gasteiger charge is 2.24. The van der Waals surface area contributed by atoms with E-state index in [1.807, 2.05) is 6.07 Å². The molecule has 2 aromatic heterocycles. The van der Waals surface area contributed by atoms with Gasteiger partial charge in [0, 0.05) is 19.5 Å². The standard InChI is InChI=1S/C24H21NO5/c26-21-15-8-2-4-10-19(15)29-23(25-12-6-1-7-13-25)17(21)14-18-22(27)16-9-3-5-11-20(16)30-24(18)28/h2-5,8-11,27H,1,6-7,12-14H2. The van der Waals surface area contributed by atoms with Crippen molar-refractivity contribution in [2.45, 2.75) is 25.7 Å². The lowest BCUT2D eigenvalue weighted by Gasteiger charge is -2.28. The van der Waals surface area contributed by atoms with Crippen LogP contribution in [0.15, 0.2) is 67.0 Å². The summed E-state index contributed by atoms with van der Waals surface area (Å²) in [6, 6.07) is 13.9. The van der Waals surface area contributed by atoms with E-state index in [0.717, 1.165) is 32.4 Å². The largest absolute Gasteiger partial charge is 0.507 e. The number of anilines is 1. The number of para-hydroxylation sites is 2. The molecule has 0 aliphatic carbocycles. The molecule has 152 valence electrons. The summed E-state index contributed by atoms with van der Waals surface area (Å²) in [7, 11) is 0. The van der Waals surface area contributed by atoms with Crippen LogP contribution in [0.25, 0.3) is 21.9 Å². The molecular weight excluding hydrogens is 382 g/mol. The van der Waals surface area contributed by atoms with E-state index < -0.39 is 5.63 Å². The fourth-order valence-corrected chi connectivity index (χ4v) is 4.18. The topological polar surface area (TPSA) is 83.9 Å². The fraction of sp³-hybridized carbons (Fsp3) is 0.250. The third-order valence-corrected chi connectivity index (χ3v) is 5.74. The van der Waals surface area contributed by atoms with Gasteiger partial charge in [0.25, 0.3) is 0 Å². The fourth-order valence-electron chi connectivity index (χ4n) is 4.18. The Morgan fingerprint density at radius 3 is 2.17 bits per heavy atom. The SMILES string of the molecule is O=c1oc2ccccc2c(O)c1Cc1c(N2CCCCC2)oc2ccccc2c1=O. The summed E-state index contributed by atoms with van der Waals surface area (Å²) < 4.78 is 11.6. The number of nitrogens with zero attached hydrogens (tertiary/aromatic N) is 1. The van der Waals surface area contributed by atoms with E-state index in [4.69, 9.17) is 8.83 Å². The zero-order chi connectivity index (χ0) is 20.7. The second kappa shape index (κ2) is 7.37. The maximum atomic E-state index is 13.4. The smallest absolute Gasteiger partial charge is 0.343 e. The van der Waals surface area contributed by atoms with Gasteiger partial charge in [0.15, 0.2) is 5.43 Å². The zero-order valence-electron chi connectivity index (χ0n) is 16.4. The molecule has 0 amide bonds. The van der Waals surface area contributed by atoms with Crippen molar-refractivity contribution in [3.05, 3.63) is 80.3 Å². The van der Waals surface area contributed by atoms with Gasteiger partial charge >= 0.3 is 5.63 Å². The summed E-state index contributed by atoms with van der Waals surface area (Å²) >= 11 is 0. The van der Waals surface area contributed by atoms with E-state index in [-0.39, 0.29) is 23.2 Å². The first-order valence-electron chi connectivity index (χ1n) is 10.2. The van der Waals surface area contributed by atoms with E-state index >= 15 is 0 Å². The minimum absolute atomic E-state index is 0.0575. The van der Waals surface area contributed by atoms with E-state index in [2.05, 4.69) is 4.90 Å². The van der Waals surface area contributed by atoms with Crippen LogP contribution < -0.4 is 16.0 Å². The summed E-state index contributed by atoms with van der Waals surface area (Å²) in [5.41, 5.74) is 0.419. The quantitative estimate of drug-likeness (QED) is 0.517. The maximum absolute atomic E-state index is 13.4. The molecule has 0 unspecified atom stereocenters. The molecule has 1 saturated heterocycles. The van der Waals surface area contributed by atoms with Gasteiger partial charge in [0.2, 0.25) is 5.88 Å². The molecule has 6 heteroatoms. The molecule has 6 nitrogen and oxygen atoms in total. The molecule has 1 aliphatic rings. The van der Waals surface area contributed by atoms with Crippen molar-refractivity contribution in [2.75, 3.05) is 18.0 Å². The number of rotatable bonds is 3. The van der Waals surface area contributed by atoms with Gasteiger partial charge in [-0.15, -0.1) is 0 Å². The molecule has 4 aromatic rings. The van der Waals surface area contributed by atoms with Crippen molar-refractivity contribution < 1.29 is 13.9 Å². The average Bonchev–Trinajstić information content (AvgIpc) is 2.78. The van der Waals surface area contributed by atoms with E-state index in [9.17, 15) is 14.7 Å². The third kappa shape index (κ3) is 3.05. The van der Waals surface area contributed by atoms with E-state index in [1.54, 1.807) is 42.5 Å². The predicted molar refractivity (Wildman–Crippen MR) is 116 cm³/mol. The van der Waals surface area contributed by atoms with Crippen LogP contribution in [0.5, 0.6) is 5.75 Å². The molecule has 0 bridgehead atoms. The molecule has 1 fully saturated rings. The van der Waals surface area contributed by atoms with Crippen molar-refractivity contribution in [2.24, 2.45) is 0 Å². The molecule has 1 aliphatic heterocycles. The van der Waals surface area contributed by atoms with Crippen LogP contribution in [0.3, 0.4) is 0 Å². The summed E-state index contributed by atoms with van der Waals surface area (Å²) in [5.74, 6) is 0.323. The van der Waals surface area contributed by atoms with Crippen molar-refractivity contribution in [3.8, 4) is 5.75 Å². The number of benzene rings is 2. The van der Waals surface area contributed by atoms with Gasteiger partial charge in [0.1, 0.15) is 16.9 Å². The Labute approximate surface area is 172 Å². The van der Waals surface area contributed by atoms with Crippen LogP contribution in [0.4, 0.5) is 5.88 Å². The first kappa shape index (κ1) is 18.5. The summed E-state index contributed by atoms with van der Waals surface area (Å²) in [6.45, 7) is 1.57. The van der Waals surface area contributed by atoms with Crippen molar-refractivity contribution in [1.82, 2.24) is 0 Å². The van der Waals surface area contributed by atoms with Gasteiger partial charge in [0.05, 0.1) is 21.9 Å². The summed E-state index contributed by atoms with van der Waals surface area (Å²) in [6.07, 6.45) is 3.11. The molecule has 30 heavy (non-hydrogen) atoms. The minimum Gasteiger partial charge on any atom is -0.507 e. The second-order valence-electron chi connectivity index (χ2n) is 7.65. The molecule has 3 heterocycles. The highest BCUT2D eigenvalue weighted by Crippen LogP contribution is 2.31. The molecule has 1 N–H and O–H groups in total. The molecule has 0 spiro atoms. The first-order valence-corrected chi connectivity index (χ1v) is 10.2. The Morgan fingerprint density at radius 1 is 0.800 bits per heavy atom. The number of fused-ring (bicyclic) bond motifs is 2. The number of hydrogen-bond acceptors (Lipinski definition) is 6. The van der Waals surface area contributed by atoms with Crippen LogP contribution in [0.1, 0.15) is 30.4 Å². The highest BCUT2D eigenvalue weighted by atomic mass is 16.4. The lowest BCUT2D eigenvalue weighted by molar-refractivity contribution is 0.458. The minimum atomic E-state index is -0.650. The molecule has 5 rings (SSSR count). The molecule has 0 saturated carbocycles. The van der Waals surface area contributed by atoms with Crippen molar-refractivity contribution >= 4 is 27.8 Å². The third-order valence-electron chi connectivity index (χ3n) is 5.74. The molecular formula is C24H21NO5. The average molecular weight is 403 g/mol. The van der Waals surface area contributed by atoms with Gasteiger partial charge in [-0.3, -0.25) is 4.79 Å². The maximum Gasteiger partial charge on any atom is 0.343 e. The highest BCUT2D eigenvalue weighted by molar-refractivity contribution is 5.84. The lowest BCUT2D eigenvalue weighted by atomic mass is 10.0. The number of piperidine rings is 1. The first-order chi connectivity index (χ1) is 14.6. The Bertz CT molecular complexity index is 1360. The summed E-state index contributed by atoms with van der Waals surface area (Å²) in [4.78, 5) is 28.1. The van der Waals surface area contributed by atoms with Crippen LogP contribution in [0.2, 0.25) is 0 Å². The lowest BCUT2D eigenvalue weighted by Crippen LogP contribution is -2.32.